The van der Waals surface area contributed by atoms with Crippen LogP contribution in [0.5, 0.6) is 0 Å². The van der Waals surface area contributed by atoms with Crippen LogP contribution in [-0.2, 0) is 16.1 Å². The Morgan fingerprint density at radius 3 is 3.00 bits per heavy atom. The van der Waals surface area contributed by atoms with Gasteiger partial charge in [0.15, 0.2) is 0 Å². The van der Waals surface area contributed by atoms with Crippen LogP contribution in [0.3, 0.4) is 0 Å². The quantitative estimate of drug-likeness (QED) is 0.618. The predicted octanol–water partition coefficient (Wildman–Crippen LogP) is 3.17. The van der Waals surface area contributed by atoms with Crippen LogP contribution < -0.4 is 4.87 Å². The first-order valence-corrected chi connectivity index (χ1v) is 7.67. The van der Waals surface area contributed by atoms with E-state index in [4.69, 9.17) is 4.74 Å². The van der Waals surface area contributed by atoms with Crippen molar-refractivity contribution in [2.45, 2.75) is 26.3 Å². The Balaban J connectivity index is 2.18. The number of benzene rings is 1. The number of carbonyl (C=O) groups excluding carboxylic acids is 1. The molecule has 0 bridgehead atoms. The van der Waals surface area contributed by atoms with Gasteiger partial charge in [0.05, 0.1) is 16.8 Å². The second-order valence-electron chi connectivity index (χ2n) is 4.14. The number of fused-ring (bicyclic) bond motifs is 1. The fraction of sp³-hybridized carbons (Fsp3) is 0.385. The van der Waals surface area contributed by atoms with Gasteiger partial charge in [-0.05, 0) is 24.6 Å². The number of thiazole rings is 1. The highest BCUT2D eigenvalue weighted by Crippen LogP contribution is 2.22. The van der Waals surface area contributed by atoms with Gasteiger partial charge in [-0.25, -0.2) is 0 Å². The first-order chi connectivity index (χ1) is 9.11. The van der Waals surface area contributed by atoms with Gasteiger partial charge in [0.2, 0.25) is 0 Å². The van der Waals surface area contributed by atoms with Gasteiger partial charge in [0.25, 0.3) is 0 Å². The molecule has 0 fully saturated rings. The molecule has 6 heteroatoms. The van der Waals surface area contributed by atoms with Gasteiger partial charge in [-0.3, -0.25) is 14.2 Å². The molecule has 0 atom stereocenters. The third-order valence-electron chi connectivity index (χ3n) is 2.68. The summed E-state index contributed by atoms with van der Waals surface area (Å²) in [7, 11) is 0. The van der Waals surface area contributed by atoms with Crippen molar-refractivity contribution in [1.82, 2.24) is 4.57 Å². The van der Waals surface area contributed by atoms with Crippen molar-refractivity contribution in [1.29, 1.82) is 0 Å². The predicted molar refractivity (Wildman–Crippen MR) is 79.7 cm³/mol. The molecule has 2 rings (SSSR count). The summed E-state index contributed by atoms with van der Waals surface area (Å²) >= 11 is 4.50. The van der Waals surface area contributed by atoms with E-state index in [1.54, 1.807) is 0 Å². The number of aromatic nitrogens is 1. The van der Waals surface area contributed by atoms with E-state index in [-0.39, 0.29) is 17.4 Å². The molecule has 0 N–H and O–H groups in total. The van der Waals surface area contributed by atoms with Crippen LogP contribution >= 0.6 is 27.3 Å². The van der Waals surface area contributed by atoms with Crippen LogP contribution in [0.2, 0.25) is 0 Å². The lowest BCUT2D eigenvalue weighted by molar-refractivity contribution is -0.144. The Kier molecular flexibility index (Phi) is 4.76. The zero-order valence-corrected chi connectivity index (χ0v) is 12.9. The fourth-order valence-electron chi connectivity index (χ4n) is 1.70. The minimum Gasteiger partial charge on any atom is -0.464 e. The summed E-state index contributed by atoms with van der Waals surface area (Å²) in [6, 6.07) is 5.56. The van der Waals surface area contributed by atoms with Gasteiger partial charge in [0, 0.05) is 4.47 Å². The highest BCUT2D eigenvalue weighted by atomic mass is 79.9. The Morgan fingerprint density at radius 1 is 1.47 bits per heavy atom. The van der Waals surface area contributed by atoms with E-state index in [0.29, 0.717) is 6.61 Å². The van der Waals surface area contributed by atoms with Crippen LogP contribution in [-0.4, -0.2) is 17.1 Å². The van der Waals surface area contributed by atoms with Crippen LogP contribution in [0, 0.1) is 0 Å². The monoisotopic (exact) mass is 343 g/mol. The average molecular weight is 344 g/mol. The second kappa shape index (κ2) is 6.34. The molecular formula is C13H14BrNO3S. The molecule has 0 amide bonds. The summed E-state index contributed by atoms with van der Waals surface area (Å²) in [6.07, 6.45) is 1.82. The molecule has 0 radical (unpaired) electrons. The number of nitrogens with zero attached hydrogens (tertiary/aromatic N) is 1. The summed E-state index contributed by atoms with van der Waals surface area (Å²) in [5, 5.41) is 0. The third kappa shape index (κ3) is 3.45. The molecule has 0 saturated carbocycles. The van der Waals surface area contributed by atoms with E-state index in [1.807, 2.05) is 25.1 Å². The molecule has 1 aromatic carbocycles. The number of carbonyl (C=O) groups is 1. The first kappa shape index (κ1) is 14.3. The normalized spacial score (nSPS) is 10.8. The van der Waals surface area contributed by atoms with Crippen molar-refractivity contribution < 1.29 is 9.53 Å². The Hall–Kier alpha value is -1.14. The molecule has 0 spiro atoms. The molecule has 0 aliphatic heterocycles. The van der Waals surface area contributed by atoms with Crippen molar-refractivity contribution in [2.75, 3.05) is 6.61 Å². The van der Waals surface area contributed by atoms with Gasteiger partial charge in [-0.2, -0.15) is 0 Å². The molecule has 2 aromatic rings. The molecular weight excluding hydrogens is 330 g/mol. The van der Waals surface area contributed by atoms with Gasteiger partial charge in [-0.1, -0.05) is 40.6 Å². The third-order valence-corrected chi connectivity index (χ3v) is 4.11. The zero-order chi connectivity index (χ0) is 13.8. The topological polar surface area (TPSA) is 48.3 Å². The molecule has 0 saturated heterocycles. The molecule has 0 aliphatic carbocycles. The molecule has 4 nitrogen and oxygen atoms in total. The van der Waals surface area contributed by atoms with Crippen LogP contribution in [0.4, 0.5) is 0 Å². The van der Waals surface area contributed by atoms with Crippen molar-refractivity contribution in [3.05, 3.63) is 32.3 Å². The Morgan fingerprint density at radius 2 is 2.26 bits per heavy atom. The summed E-state index contributed by atoms with van der Waals surface area (Å²) in [4.78, 5) is 23.4. The van der Waals surface area contributed by atoms with E-state index < -0.39 is 0 Å². The lowest BCUT2D eigenvalue weighted by Gasteiger charge is -2.05. The number of hydrogen-bond donors (Lipinski definition) is 0. The lowest BCUT2D eigenvalue weighted by atomic mass is 10.3. The highest BCUT2D eigenvalue weighted by molar-refractivity contribution is 9.10. The SMILES string of the molecule is CCCCOC(=O)Cn1c(=O)sc2cc(Br)ccc21. The zero-order valence-electron chi connectivity index (χ0n) is 10.5. The van der Waals surface area contributed by atoms with Crippen LogP contribution in [0.1, 0.15) is 19.8 Å². The summed E-state index contributed by atoms with van der Waals surface area (Å²) in [6.45, 7) is 2.42. The molecule has 0 aliphatic rings. The summed E-state index contributed by atoms with van der Waals surface area (Å²) in [5.41, 5.74) is 0.769. The maximum Gasteiger partial charge on any atom is 0.326 e. The van der Waals surface area contributed by atoms with Crippen LogP contribution in [0.25, 0.3) is 10.2 Å². The van der Waals surface area contributed by atoms with Gasteiger partial charge in [0.1, 0.15) is 6.54 Å². The molecule has 19 heavy (non-hydrogen) atoms. The Labute approximate surface area is 123 Å². The number of ether oxygens (including phenoxy) is 1. The Bertz CT molecular complexity index is 647. The van der Waals surface area contributed by atoms with Gasteiger partial charge in [-0.15, -0.1) is 0 Å². The fourth-order valence-corrected chi connectivity index (χ4v) is 3.14. The number of esters is 1. The lowest BCUT2D eigenvalue weighted by Crippen LogP contribution is -2.21. The minimum absolute atomic E-state index is 0.0236. The minimum atomic E-state index is -0.363. The molecule has 0 unspecified atom stereocenters. The van der Waals surface area contributed by atoms with E-state index in [9.17, 15) is 9.59 Å². The van der Waals surface area contributed by atoms with Crippen molar-refractivity contribution in [3.8, 4) is 0 Å². The number of halogens is 1. The summed E-state index contributed by atoms with van der Waals surface area (Å²) < 4.78 is 8.32. The van der Waals surface area contributed by atoms with E-state index in [0.717, 1.165) is 38.9 Å². The maximum absolute atomic E-state index is 11.9. The van der Waals surface area contributed by atoms with Crippen molar-refractivity contribution in [3.63, 3.8) is 0 Å². The highest BCUT2D eigenvalue weighted by Gasteiger charge is 2.12. The number of rotatable bonds is 5. The standard InChI is InChI=1S/C13H14BrNO3S/c1-2-3-6-18-12(16)8-15-10-5-4-9(14)7-11(10)19-13(15)17/h4-5,7H,2-3,6,8H2,1H3. The molecule has 102 valence electrons. The smallest absolute Gasteiger partial charge is 0.326 e. The number of unbranched alkanes of at least 4 members (excludes halogenated alkanes) is 1. The van der Waals surface area contributed by atoms with Gasteiger partial charge < -0.3 is 4.74 Å². The molecule has 1 heterocycles. The molecule has 1 aromatic heterocycles. The van der Waals surface area contributed by atoms with Gasteiger partial charge >= 0.3 is 10.8 Å². The van der Waals surface area contributed by atoms with E-state index in [1.165, 1.54) is 4.57 Å². The maximum atomic E-state index is 11.9. The van der Waals surface area contributed by atoms with Crippen LogP contribution in [0.15, 0.2) is 27.5 Å². The first-order valence-electron chi connectivity index (χ1n) is 6.06. The van der Waals surface area contributed by atoms with E-state index in [2.05, 4.69) is 15.9 Å². The second-order valence-corrected chi connectivity index (χ2v) is 6.05. The van der Waals surface area contributed by atoms with E-state index >= 15 is 0 Å². The summed E-state index contributed by atoms with van der Waals surface area (Å²) in [5.74, 6) is -0.363. The van der Waals surface area contributed by atoms with Crippen molar-refractivity contribution in [2.24, 2.45) is 0 Å². The average Bonchev–Trinajstić information content (AvgIpc) is 2.65. The number of hydrogen-bond acceptors (Lipinski definition) is 4. The van der Waals surface area contributed by atoms with Crippen molar-refractivity contribution >= 4 is 43.5 Å². The largest absolute Gasteiger partial charge is 0.464 e.